The molecule has 3 saturated carbocycles. The summed E-state index contributed by atoms with van der Waals surface area (Å²) in [6.45, 7) is 0. The van der Waals surface area contributed by atoms with Gasteiger partial charge in [0, 0.05) is 11.8 Å². The van der Waals surface area contributed by atoms with Gasteiger partial charge in [-0.25, -0.2) is 12.8 Å². The van der Waals surface area contributed by atoms with Gasteiger partial charge in [-0.2, -0.15) is 0 Å². The van der Waals surface area contributed by atoms with E-state index < -0.39 is 21.6 Å². The highest BCUT2D eigenvalue weighted by Crippen LogP contribution is 2.57. The summed E-state index contributed by atoms with van der Waals surface area (Å²) in [5, 5.41) is 2.88. The molecule has 0 aliphatic heterocycles. The molecule has 2 bridgehead atoms. The standard InChI is InChI=1S/C13H14FNO3S/c1-19(17,18)11-4-9(14)2-3-10(11)12(16)15-13-5-8(6-13)7-13/h2-4,8H,5-7H2,1H3,(H,15,16). The number of sulfone groups is 1. The van der Waals surface area contributed by atoms with Gasteiger partial charge in [0.15, 0.2) is 9.84 Å². The van der Waals surface area contributed by atoms with E-state index in [1.165, 1.54) is 6.07 Å². The van der Waals surface area contributed by atoms with E-state index in [0.717, 1.165) is 37.7 Å². The van der Waals surface area contributed by atoms with Crippen molar-refractivity contribution in [2.45, 2.75) is 29.7 Å². The average Bonchev–Trinajstić information content (AvgIpc) is 2.20. The highest BCUT2D eigenvalue weighted by atomic mass is 32.2. The summed E-state index contributed by atoms with van der Waals surface area (Å²) in [6.07, 6.45) is 3.87. The van der Waals surface area contributed by atoms with Crippen molar-refractivity contribution in [1.82, 2.24) is 5.32 Å². The lowest BCUT2D eigenvalue weighted by Gasteiger charge is -2.61. The fourth-order valence-electron chi connectivity index (χ4n) is 2.93. The predicted molar refractivity (Wildman–Crippen MR) is 67.0 cm³/mol. The minimum Gasteiger partial charge on any atom is -0.347 e. The Morgan fingerprint density at radius 3 is 2.47 bits per heavy atom. The normalized spacial score (nSPS) is 28.2. The van der Waals surface area contributed by atoms with E-state index in [2.05, 4.69) is 5.32 Å². The second-order valence-corrected chi connectivity index (χ2v) is 7.61. The molecule has 6 heteroatoms. The fourth-order valence-corrected chi connectivity index (χ4v) is 3.82. The maximum atomic E-state index is 13.2. The van der Waals surface area contributed by atoms with Crippen LogP contribution in [0.15, 0.2) is 23.1 Å². The summed E-state index contributed by atoms with van der Waals surface area (Å²) in [7, 11) is -3.63. The van der Waals surface area contributed by atoms with Crippen LogP contribution in [0.25, 0.3) is 0 Å². The third kappa shape index (κ3) is 2.04. The Bertz CT molecular complexity index is 651. The van der Waals surface area contributed by atoms with Crippen LogP contribution < -0.4 is 5.32 Å². The van der Waals surface area contributed by atoms with Gasteiger partial charge in [0.25, 0.3) is 5.91 Å². The van der Waals surface area contributed by atoms with Crippen molar-refractivity contribution in [2.24, 2.45) is 5.92 Å². The number of carbonyl (C=O) groups excluding carboxylic acids is 1. The molecule has 0 heterocycles. The van der Waals surface area contributed by atoms with Gasteiger partial charge in [-0.15, -0.1) is 0 Å². The number of carbonyl (C=O) groups is 1. The first-order valence-corrected chi connectivity index (χ1v) is 8.00. The van der Waals surface area contributed by atoms with Crippen molar-refractivity contribution in [3.05, 3.63) is 29.6 Å². The Morgan fingerprint density at radius 2 is 2.00 bits per heavy atom. The second-order valence-electron chi connectivity index (χ2n) is 5.63. The minimum atomic E-state index is -3.63. The molecule has 0 radical (unpaired) electrons. The lowest BCUT2D eigenvalue weighted by Crippen LogP contribution is -2.68. The van der Waals surface area contributed by atoms with Crippen LogP contribution in [0.3, 0.4) is 0 Å². The Morgan fingerprint density at radius 1 is 1.37 bits per heavy atom. The first-order chi connectivity index (χ1) is 8.79. The largest absolute Gasteiger partial charge is 0.347 e. The second kappa shape index (κ2) is 3.79. The Balaban J connectivity index is 1.93. The zero-order valence-corrected chi connectivity index (χ0v) is 11.3. The zero-order valence-electron chi connectivity index (χ0n) is 10.4. The summed E-state index contributed by atoms with van der Waals surface area (Å²) in [4.78, 5) is 11.9. The lowest BCUT2D eigenvalue weighted by molar-refractivity contribution is -0.0439. The fraction of sp³-hybridized carbons (Fsp3) is 0.462. The molecule has 0 atom stereocenters. The molecular formula is C13H14FNO3S. The number of benzene rings is 1. The molecule has 3 aliphatic rings. The number of rotatable bonds is 3. The lowest BCUT2D eigenvalue weighted by atomic mass is 9.50. The Hall–Kier alpha value is -1.43. The van der Waals surface area contributed by atoms with E-state index in [-0.39, 0.29) is 16.0 Å². The molecule has 4 nitrogen and oxygen atoms in total. The molecule has 3 fully saturated rings. The monoisotopic (exact) mass is 283 g/mol. The van der Waals surface area contributed by atoms with E-state index in [4.69, 9.17) is 0 Å². The van der Waals surface area contributed by atoms with Crippen molar-refractivity contribution in [1.29, 1.82) is 0 Å². The SMILES string of the molecule is CS(=O)(=O)c1cc(F)ccc1C(=O)NC12CC(C1)C2. The topological polar surface area (TPSA) is 63.2 Å². The highest BCUT2D eigenvalue weighted by molar-refractivity contribution is 7.90. The van der Waals surface area contributed by atoms with Crippen LogP contribution in [0.5, 0.6) is 0 Å². The highest BCUT2D eigenvalue weighted by Gasteiger charge is 2.57. The molecule has 0 spiro atoms. The van der Waals surface area contributed by atoms with Gasteiger partial charge < -0.3 is 5.32 Å². The van der Waals surface area contributed by atoms with Crippen LogP contribution >= 0.6 is 0 Å². The summed E-state index contributed by atoms with van der Waals surface area (Å²) in [5.74, 6) is -0.385. The molecule has 3 aliphatic carbocycles. The van der Waals surface area contributed by atoms with Crippen molar-refractivity contribution >= 4 is 15.7 Å². The average molecular weight is 283 g/mol. The summed E-state index contributed by atoms with van der Waals surface area (Å²) >= 11 is 0. The number of halogens is 1. The van der Waals surface area contributed by atoms with E-state index in [9.17, 15) is 17.6 Å². The third-order valence-electron chi connectivity index (χ3n) is 4.00. The number of hydrogen-bond acceptors (Lipinski definition) is 3. The van der Waals surface area contributed by atoms with Crippen molar-refractivity contribution in [3.8, 4) is 0 Å². The number of amides is 1. The van der Waals surface area contributed by atoms with Gasteiger partial charge in [-0.05, 0) is 43.4 Å². The van der Waals surface area contributed by atoms with E-state index in [1.807, 2.05) is 0 Å². The Kier molecular flexibility index (Phi) is 2.51. The molecule has 1 aromatic rings. The molecule has 4 rings (SSSR count). The smallest absolute Gasteiger partial charge is 0.253 e. The first-order valence-electron chi connectivity index (χ1n) is 6.11. The number of nitrogens with one attached hydrogen (secondary N) is 1. The summed E-state index contributed by atoms with van der Waals surface area (Å²) in [6, 6.07) is 3.23. The number of hydrogen-bond donors (Lipinski definition) is 1. The van der Waals surface area contributed by atoms with Crippen LogP contribution in [0, 0.1) is 11.7 Å². The van der Waals surface area contributed by atoms with Crippen LogP contribution in [0.2, 0.25) is 0 Å². The van der Waals surface area contributed by atoms with Crippen LogP contribution in [0.4, 0.5) is 4.39 Å². The maximum Gasteiger partial charge on any atom is 0.253 e. The van der Waals surface area contributed by atoms with Gasteiger partial charge in [-0.3, -0.25) is 4.79 Å². The first kappa shape index (κ1) is 12.6. The molecule has 102 valence electrons. The van der Waals surface area contributed by atoms with Crippen LogP contribution in [-0.4, -0.2) is 26.1 Å². The van der Waals surface area contributed by atoms with Crippen molar-refractivity contribution in [3.63, 3.8) is 0 Å². The molecule has 0 saturated heterocycles. The van der Waals surface area contributed by atoms with Crippen LogP contribution in [0.1, 0.15) is 29.6 Å². The van der Waals surface area contributed by atoms with Gasteiger partial charge in [-0.1, -0.05) is 0 Å². The predicted octanol–water partition coefficient (Wildman–Crippen LogP) is 1.51. The van der Waals surface area contributed by atoms with Gasteiger partial charge in [0.2, 0.25) is 0 Å². The zero-order chi connectivity index (χ0) is 13.8. The molecule has 0 unspecified atom stereocenters. The third-order valence-corrected chi connectivity index (χ3v) is 5.14. The van der Waals surface area contributed by atoms with Gasteiger partial charge in [0.05, 0.1) is 10.5 Å². The molecule has 1 amide bonds. The van der Waals surface area contributed by atoms with Crippen molar-refractivity contribution < 1.29 is 17.6 Å². The molecule has 19 heavy (non-hydrogen) atoms. The Labute approximate surface area is 110 Å². The maximum absolute atomic E-state index is 13.2. The molecule has 1 aromatic carbocycles. The summed E-state index contributed by atoms with van der Waals surface area (Å²) in [5.41, 5.74) is -0.112. The van der Waals surface area contributed by atoms with E-state index >= 15 is 0 Å². The minimum absolute atomic E-state index is 0.0219. The molecule has 0 aromatic heterocycles. The summed E-state index contributed by atoms with van der Waals surface area (Å²) < 4.78 is 36.4. The van der Waals surface area contributed by atoms with E-state index in [0.29, 0.717) is 5.92 Å². The molecule has 1 N–H and O–H groups in total. The van der Waals surface area contributed by atoms with Crippen molar-refractivity contribution in [2.75, 3.05) is 6.26 Å². The molecular weight excluding hydrogens is 269 g/mol. The quantitative estimate of drug-likeness (QED) is 0.914. The van der Waals surface area contributed by atoms with Crippen LogP contribution in [-0.2, 0) is 9.84 Å². The van der Waals surface area contributed by atoms with Gasteiger partial charge >= 0.3 is 0 Å². The van der Waals surface area contributed by atoms with E-state index in [1.54, 1.807) is 0 Å². The van der Waals surface area contributed by atoms with Gasteiger partial charge in [0.1, 0.15) is 5.82 Å².